The first kappa shape index (κ1) is 20.0. The van der Waals surface area contributed by atoms with Crippen LogP contribution in [0.5, 0.6) is 0 Å². The smallest absolute Gasteiger partial charge is 0.189 e. The first-order valence-corrected chi connectivity index (χ1v) is 10.7. The summed E-state index contributed by atoms with van der Waals surface area (Å²) in [5, 5.41) is 19.4. The third-order valence-electron chi connectivity index (χ3n) is 5.57. The molecule has 9 nitrogen and oxygen atoms in total. The third kappa shape index (κ3) is 4.16. The number of aromatic nitrogens is 4. The maximum Gasteiger partial charge on any atom is 0.189 e. The summed E-state index contributed by atoms with van der Waals surface area (Å²) in [5.41, 5.74) is 9.63. The van der Waals surface area contributed by atoms with E-state index in [9.17, 15) is 0 Å². The van der Waals surface area contributed by atoms with E-state index in [1.807, 2.05) is 48.1 Å². The Bertz CT molecular complexity index is 1100. The van der Waals surface area contributed by atoms with E-state index in [1.165, 1.54) is 0 Å². The molecule has 0 aliphatic carbocycles. The average molecular weight is 441 g/mol. The lowest BCUT2D eigenvalue weighted by molar-refractivity contribution is 0.0667. The van der Waals surface area contributed by atoms with Crippen LogP contribution in [0.1, 0.15) is 35.7 Å². The zero-order chi connectivity index (χ0) is 21.4. The molecule has 5 N–H and O–H groups in total. The Morgan fingerprint density at radius 3 is 2.77 bits per heavy atom. The van der Waals surface area contributed by atoms with Crippen LogP contribution in [0.2, 0.25) is 5.02 Å². The second-order valence-electron chi connectivity index (χ2n) is 8.07. The molecule has 1 aromatic carbocycles. The fourth-order valence-electron chi connectivity index (χ4n) is 4.06. The van der Waals surface area contributed by atoms with Crippen LogP contribution in [-0.4, -0.2) is 44.8 Å². The van der Waals surface area contributed by atoms with Crippen LogP contribution in [-0.2, 0) is 11.2 Å². The predicted molar refractivity (Wildman–Crippen MR) is 120 cm³/mol. The molecule has 5 rings (SSSR count). The lowest BCUT2D eigenvalue weighted by Crippen LogP contribution is -2.52. The minimum Gasteiger partial charge on any atom is -0.381 e. The van der Waals surface area contributed by atoms with Crippen molar-refractivity contribution >= 4 is 29.1 Å². The van der Waals surface area contributed by atoms with E-state index >= 15 is 0 Å². The third-order valence-corrected chi connectivity index (χ3v) is 5.82. The van der Waals surface area contributed by atoms with E-state index in [4.69, 9.17) is 27.1 Å². The van der Waals surface area contributed by atoms with E-state index in [0.29, 0.717) is 23.1 Å². The number of nitrogens with one attached hydrogen (secondary N) is 3. The number of aliphatic imine (C=N–C) groups is 1. The Morgan fingerprint density at radius 2 is 2.06 bits per heavy atom. The largest absolute Gasteiger partial charge is 0.381 e. The Kier molecular flexibility index (Phi) is 5.17. The molecule has 1 fully saturated rings. The molecule has 0 amide bonds. The van der Waals surface area contributed by atoms with Crippen molar-refractivity contribution in [3.05, 3.63) is 58.4 Å². The highest BCUT2D eigenvalue weighted by molar-refractivity contribution is 6.30. The molecule has 4 heterocycles. The van der Waals surface area contributed by atoms with Gasteiger partial charge < -0.3 is 15.4 Å². The predicted octanol–water partition coefficient (Wildman–Crippen LogP) is 3.06. The number of halogens is 1. The molecular formula is C21H25ClN8O. The van der Waals surface area contributed by atoms with Gasteiger partial charge in [-0.1, -0.05) is 23.7 Å². The van der Waals surface area contributed by atoms with Gasteiger partial charge in [0.1, 0.15) is 11.7 Å². The summed E-state index contributed by atoms with van der Waals surface area (Å²) in [6.07, 6.45) is 4.12. The highest BCUT2D eigenvalue weighted by Crippen LogP contribution is 2.33. The van der Waals surface area contributed by atoms with Crippen molar-refractivity contribution in [1.82, 2.24) is 20.0 Å². The number of hydrogen-bond donors (Lipinski definition) is 4. The van der Waals surface area contributed by atoms with Crippen LogP contribution < -0.4 is 16.4 Å². The minimum atomic E-state index is -1.06. The Hall–Kier alpha value is -2.88. The highest BCUT2D eigenvalue weighted by atomic mass is 35.5. The van der Waals surface area contributed by atoms with Crippen LogP contribution in [0.3, 0.4) is 0 Å². The number of benzene rings is 1. The normalized spacial score (nSPS) is 21.3. The van der Waals surface area contributed by atoms with Gasteiger partial charge in [-0.15, -0.1) is 0 Å². The molecule has 0 spiro atoms. The molecule has 162 valence electrons. The van der Waals surface area contributed by atoms with Crippen molar-refractivity contribution in [2.24, 2.45) is 10.7 Å². The molecule has 0 bridgehead atoms. The zero-order valence-corrected chi connectivity index (χ0v) is 18.0. The number of hydrogen-bond acceptors (Lipinski definition) is 7. The molecule has 10 heteroatoms. The Balaban J connectivity index is 1.52. The monoisotopic (exact) mass is 440 g/mol. The number of H-pyrrole nitrogens is 1. The van der Waals surface area contributed by atoms with E-state index in [1.54, 1.807) is 0 Å². The SMILES string of the molecule is Cc1cc(NC2=NC(N)(Cc3ccc(Cl)cc3)Nc3c2cnn3C2CCOCC2)n[nH]1. The number of rotatable bonds is 4. The molecule has 1 unspecified atom stereocenters. The summed E-state index contributed by atoms with van der Waals surface area (Å²) < 4.78 is 7.55. The van der Waals surface area contributed by atoms with Crippen LogP contribution in [0.4, 0.5) is 11.6 Å². The van der Waals surface area contributed by atoms with Gasteiger partial charge in [0.2, 0.25) is 0 Å². The fraction of sp³-hybridized carbons (Fsp3) is 0.381. The highest BCUT2D eigenvalue weighted by Gasteiger charge is 2.35. The van der Waals surface area contributed by atoms with E-state index < -0.39 is 5.79 Å². The van der Waals surface area contributed by atoms with Gasteiger partial charge in [-0.3, -0.25) is 10.8 Å². The maximum absolute atomic E-state index is 6.79. The molecule has 0 saturated carbocycles. The number of aromatic amines is 1. The first-order chi connectivity index (χ1) is 15.0. The molecule has 1 atom stereocenters. The number of fused-ring (bicyclic) bond motifs is 1. The number of aryl methyl sites for hydroxylation is 1. The quantitative estimate of drug-likeness (QED) is 0.495. The molecule has 2 aromatic heterocycles. The second-order valence-corrected chi connectivity index (χ2v) is 8.51. The summed E-state index contributed by atoms with van der Waals surface area (Å²) in [4.78, 5) is 4.84. The number of ether oxygens (including phenoxy) is 1. The van der Waals surface area contributed by atoms with E-state index in [0.717, 1.165) is 48.7 Å². The number of nitrogens with zero attached hydrogens (tertiary/aromatic N) is 4. The van der Waals surface area contributed by atoms with Crippen LogP contribution in [0.15, 0.2) is 41.5 Å². The summed E-state index contributed by atoms with van der Waals surface area (Å²) in [6.45, 7) is 3.40. The van der Waals surface area contributed by atoms with Crippen molar-refractivity contribution in [3.63, 3.8) is 0 Å². The number of amidine groups is 1. The van der Waals surface area contributed by atoms with Crippen molar-refractivity contribution in [2.75, 3.05) is 23.8 Å². The van der Waals surface area contributed by atoms with Crippen LogP contribution in [0.25, 0.3) is 0 Å². The van der Waals surface area contributed by atoms with E-state index in [2.05, 4.69) is 25.9 Å². The zero-order valence-electron chi connectivity index (χ0n) is 17.2. The maximum atomic E-state index is 6.79. The Labute approximate surface area is 185 Å². The van der Waals surface area contributed by atoms with Gasteiger partial charge in [-0.25, -0.2) is 9.67 Å². The summed E-state index contributed by atoms with van der Waals surface area (Å²) in [7, 11) is 0. The minimum absolute atomic E-state index is 0.247. The van der Waals surface area contributed by atoms with Gasteiger partial charge >= 0.3 is 0 Å². The van der Waals surface area contributed by atoms with Gasteiger partial charge in [0.25, 0.3) is 0 Å². The van der Waals surface area contributed by atoms with Crippen molar-refractivity contribution in [1.29, 1.82) is 0 Å². The van der Waals surface area contributed by atoms with Gasteiger partial charge in [0.05, 0.1) is 17.8 Å². The lowest BCUT2D eigenvalue weighted by Gasteiger charge is -2.34. The molecule has 2 aliphatic rings. The summed E-state index contributed by atoms with van der Waals surface area (Å²) >= 11 is 6.05. The second kappa shape index (κ2) is 7.99. The molecular weight excluding hydrogens is 416 g/mol. The fourth-order valence-corrected chi connectivity index (χ4v) is 4.18. The first-order valence-electron chi connectivity index (χ1n) is 10.4. The number of anilines is 2. The molecule has 3 aromatic rings. The topological polar surface area (TPSA) is 118 Å². The van der Waals surface area contributed by atoms with E-state index in [-0.39, 0.29) is 6.04 Å². The van der Waals surface area contributed by atoms with Gasteiger partial charge in [0.15, 0.2) is 11.6 Å². The summed E-state index contributed by atoms with van der Waals surface area (Å²) in [6, 6.07) is 9.81. The van der Waals surface area contributed by atoms with Gasteiger partial charge in [-0.2, -0.15) is 10.2 Å². The lowest BCUT2D eigenvalue weighted by atomic mass is 10.0. The van der Waals surface area contributed by atoms with Crippen LogP contribution in [0, 0.1) is 6.92 Å². The van der Waals surface area contributed by atoms with Crippen molar-refractivity contribution < 1.29 is 4.74 Å². The molecule has 1 saturated heterocycles. The molecule has 2 aliphatic heterocycles. The van der Waals surface area contributed by atoms with Crippen molar-refractivity contribution in [2.45, 2.75) is 38.0 Å². The molecule has 31 heavy (non-hydrogen) atoms. The average Bonchev–Trinajstić information content (AvgIpc) is 3.36. The number of nitrogens with two attached hydrogens (primary N) is 1. The standard InChI is InChI=1S/C21H25ClN8O/c1-13-10-18(29-28-13)25-19-17-12-24-30(16-6-8-31-9-7-16)20(17)27-21(23,26-19)11-14-2-4-15(22)5-3-14/h2-5,10,12,16,27H,6-9,11,23H2,1H3,(H2,25,26,28,29). The summed E-state index contributed by atoms with van der Waals surface area (Å²) in [5.74, 6) is 1.11. The molecule has 0 radical (unpaired) electrons. The van der Waals surface area contributed by atoms with Gasteiger partial charge in [0, 0.05) is 36.4 Å². The Morgan fingerprint density at radius 1 is 1.29 bits per heavy atom. The van der Waals surface area contributed by atoms with Crippen LogP contribution >= 0.6 is 11.6 Å². The van der Waals surface area contributed by atoms with Crippen molar-refractivity contribution in [3.8, 4) is 0 Å². The van der Waals surface area contributed by atoms with Gasteiger partial charge in [-0.05, 0) is 37.5 Å².